The fourth-order valence-corrected chi connectivity index (χ4v) is 3.87. The minimum atomic E-state index is 0.769. The zero-order chi connectivity index (χ0) is 18.2. The number of benzene rings is 4. The summed E-state index contributed by atoms with van der Waals surface area (Å²) in [7, 11) is 0. The molecule has 2 heteroatoms. The molecule has 0 N–H and O–H groups in total. The Kier molecular flexibility index (Phi) is 3.95. The van der Waals surface area contributed by atoms with Crippen molar-refractivity contribution in [1.82, 2.24) is 4.57 Å². The lowest BCUT2D eigenvalue weighted by atomic mass is 10.0. The summed E-state index contributed by atoms with van der Waals surface area (Å²) in [4.78, 5) is 0. The molecular weight excluding hydrogens is 350 g/mol. The zero-order valence-corrected chi connectivity index (χ0v) is 15.5. The molecule has 130 valence electrons. The SMILES string of the molecule is Clc1ccc(Cn2c(-c3ccc4ccccc4c3)cc3ccccc32)cc1. The minimum Gasteiger partial charge on any atom is -0.336 e. The predicted molar refractivity (Wildman–Crippen MR) is 115 cm³/mol. The van der Waals surface area contributed by atoms with Gasteiger partial charge >= 0.3 is 0 Å². The lowest BCUT2D eigenvalue weighted by Gasteiger charge is -2.12. The first-order valence-electron chi connectivity index (χ1n) is 9.10. The van der Waals surface area contributed by atoms with Crippen LogP contribution < -0.4 is 0 Å². The summed E-state index contributed by atoms with van der Waals surface area (Å²) in [6.07, 6.45) is 0. The van der Waals surface area contributed by atoms with Gasteiger partial charge in [-0.1, -0.05) is 78.3 Å². The number of fused-ring (bicyclic) bond motifs is 2. The van der Waals surface area contributed by atoms with E-state index in [1.807, 2.05) is 12.1 Å². The molecule has 0 atom stereocenters. The van der Waals surface area contributed by atoms with Gasteiger partial charge < -0.3 is 4.57 Å². The molecule has 5 rings (SSSR count). The van der Waals surface area contributed by atoms with Crippen molar-refractivity contribution in [1.29, 1.82) is 0 Å². The minimum absolute atomic E-state index is 0.769. The molecule has 1 aromatic heterocycles. The first-order valence-corrected chi connectivity index (χ1v) is 9.48. The molecule has 0 aliphatic rings. The molecule has 5 aromatic rings. The Hall–Kier alpha value is -3.03. The summed E-state index contributed by atoms with van der Waals surface area (Å²) in [5, 5.41) is 4.56. The Labute approximate surface area is 163 Å². The normalized spacial score (nSPS) is 11.3. The maximum Gasteiger partial charge on any atom is 0.0494 e. The third-order valence-corrected chi connectivity index (χ3v) is 5.36. The van der Waals surface area contributed by atoms with Crippen molar-refractivity contribution < 1.29 is 0 Å². The Morgan fingerprint density at radius 2 is 1.33 bits per heavy atom. The summed E-state index contributed by atoms with van der Waals surface area (Å²) >= 11 is 6.06. The van der Waals surface area contributed by atoms with Crippen LogP contribution in [-0.4, -0.2) is 4.57 Å². The van der Waals surface area contributed by atoms with E-state index in [1.54, 1.807) is 0 Å². The zero-order valence-electron chi connectivity index (χ0n) is 14.8. The Balaban J connectivity index is 1.69. The van der Waals surface area contributed by atoms with Crippen LogP contribution in [0.25, 0.3) is 32.9 Å². The second-order valence-electron chi connectivity index (χ2n) is 6.86. The predicted octanol–water partition coefficient (Wildman–Crippen LogP) is 7.16. The van der Waals surface area contributed by atoms with E-state index < -0.39 is 0 Å². The highest BCUT2D eigenvalue weighted by atomic mass is 35.5. The van der Waals surface area contributed by atoms with Crippen molar-refractivity contribution >= 4 is 33.3 Å². The van der Waals surface area contributed by atoms with E-state index in [0.717, 1.165) is 11.6 Å². The second kappa shape index (κ2) is 6.61. The number of aromatic nitrogens is 1. The molecule has 0 saturated carbocycles. The average Bonchev–Trinajstić information content (AvgIpc) is 3.08. The summed E-state index contributed by atoms with van der Waals surface area (Å²) < 4.78 is 2.39. The Bertz CT molecular complexity index is 1250. The molecule has 0 bridgehead atoms. The Morgan fingerprint density at radius 1 is 0.630 bits per heavy atom. The van der Waals surface area contributed by atoms with Crippen LogP contribution in [0.4, 0.5) is 0 Å². The van der Waals surface area contributed by atoms with Crippen molar-refractivity contribution in [2.75, 3.05) is 0 Å². The van der Waals surface area contributed by atoms with E-state index >= 15 is 0 Å². The quantitative estimate of drug-likeness (QED) is 0.318. The van der Waals surface area contributed by atoms with E-state index in [-0.39, 0.29) is 0 Å². The number of para-hydroxylation sites is 1. The van der Waals surface area contributed by atoms with Gasteiger partial charge in [-0.3, -0.25) is 0 Å². The summed E-state index contributed by atoms with van der Waals surface area (Å²) in [6, 6.07) is 34.2. The van der Waals surface area contributed by atoms with Gasteiger partial charge in [0.2, 0.25) is 0 Å². The molecule has 1 heterocycles. The lowest BCUT2D eigenvalue weighted by molar-refractivity contribution is 0.845. The number of halogens is 1. The van der Waals surface area contributed by atoms with Gasteiger partial charge in [0.15, 0.2) is 0 Å². The van der Waals surface area contributed by atoms with Crippen LogP contribution in [0.2, 0.25) is 5.02 Å². The molecule has 4 aromatic carbocycles. The van der Waals surface area contributed by atoms with Gasteiger partial charge in [0, 0.05) is 28.2 Å². The van der Waals surface area contributed by atoms with Crippen molar-refractivity contribution in [3.63, 3.8) is 0 Å². The van der Waals surface area contributed by atoms with Crippen LogP contribution in [0.15, 0.2) is 97.1 Å². The number of hydrogen-bond donors (Lipinski definition) is 0. The molecule has 0 radical (unpaired) electrons. The Morgan fingerprint density at radius 3 is 2.15 bits per heavy atom. The highest BCUT2D eigenvalue weighted by Gasteiger charge is 2.11. The fraction of sp³-hybridized carbons (Fsp3) is 0.0400. The van der Waals surface area contributed by atoms with E-state index in [1.165, 1.54) is 38.5 Å². The van der Waals surface area contributed by atoms with Gasteiger partial charge in [0.25, 0.3) is 0 Å². The monoisotopic (exact) mass is 367 g/mol. The number of hydrogen-bond acceptors (Lipinski definition) is 0. The summed E-state index contributed by atoms with van der Waals surface area (Å²) in [6.45, 7) is 0.812. The van der Waals surface area contributed by atoms with Crippen LogP contribution >= 0.6 is 11.6 Å². The smallest absolute Gasteiger partial charge is 0.0494 e. The van der Waals surface area contributed by atoms with Gasteiger partial charge in [0.1, 0.15) is 0 Å². The summed E-state index contributed by atoms with van der Waals surface area (Å²) in [5.74, 6) is 0. The van der Waals surface area contributed by atoms with Gasteiger partial charge in [-0.25, -0.2) is 0 Å². The first kappa shape index (κ1) is 16.2. The maximum absolute atomic E-state index is 6.06. The van der Waals surface area contributed by atoms with Gasteiger partial charge in [-0.05, 0) is 52.2 Å². The largest absolute Gasteiger partial charge is 0.336 e. The van der Waals surface area contributed by atoms with Gasteiger partial charge in [-0.15, -0.1) is 0 Å². The lowest BCUT2D eigenvalue weighted by Crippen LogP contribution is -2.01. The molecule has 27 heavy (non-hydrogen) atoms. The molecular formula is C25H18ClN. The van der Waals surface area contributed by atoms with Crippen molar-refractivity contribution in [2.45, 2.75) is 6.54 Å². The number of nitrogens with zero attached hydrogens (tertiary/aromatic N) is 1. The first-order chi connectivity index (χ1) is 13.3. The topological polar surface area (TPSA) is 4.93 Å². The maximum atomic E-state index is 6.06. The van der Waals surface area contributed by atoms with Crippen LogP contribution in [0.5, 0.6) is 0 Å². The molecule has 0 fully saturated rings. The van der Waals surface area contributed by atoms with Crippen molar-refractivity contribution in [3.8, 4) is 11.3 Å². The number of rotatable bonds is 3. The highest BCUT2D eigenvalue weighted by molar-refractivity contribution is 6.30. The van der Waals surface area contributed by atoms with Crippen LogP contribution in [0.3, 0.4) is 0 Å². The highest BCUT2D eigenvalue weighted by Crippen LogP contribution is 2.31. The molecule has 0 spiro atoms. The van der Waals surface area contributed by atoms with E-state index in [2.05, 4.69) is 89.5 Å². The molecule has 0 aliphatic carbocycles. The molecule has 1 nitrogen and oxygen atoms in total. The van der Waals surface area contributed by atoms with E-state index in [4.69, 9.17) is 11.6 Å². The third-order valence-electron chi connectivity index (χ3n) is 5.11. The van der Waals surface area contributed by atoms with Crippen LogP contribution in [0.1, 0.15) is 5.56 Å². The van der Waals surface area contributed by atoms with E-state index in [0.29, 0.717) is 0 Å². The third kappa shape index (κ3) is 3.01. The van der Waals surface area contributed by atoms with Crippen LogP contribution in [0, 0.1) is 0 Å². The van der Waals surface area contributed by atoms with Crippen molar-refractivity contribution in [2.24, 2.45) is 0 Å². The van der Waals surface area contributed by atoms with E-state index in [9.17, 15) is 0 Å². The standard InChI is InChI=1S/C25H18ClN/c26-23-13-9-18(10-14-23)17-27-24-8-4-3-7-21(24)16-25(27)22-12-11-19-5-1-2-6-20(19)15-22/h1-16H,17H2. The van der Waals surface area contributed by atoms with Crippen molar-refractivity contribution in [3.05, 3.63) is 108 Å². The summed E-state index contributed by atoms with van der Waals surface area (Å²) in [5.41, 5.74) is 4.95. The molecule has 0 saturated heterocycles. The second-order valence-corrected chi connectivity index (χ2v) is 7.30. The molecule has 0 unspecified atom stereocenters. The van der Waals surface area contributed by atoms with Gasteiger partial charge in [-0.2, -0.15) is 0 Å². The fourth-order valence-electron chi connectivity index (χ4n) is 3.74. The molecule has 0 amide bonds. The van der Waals surface area contributed by atoms with Crippen LogP contribution in [-0.2, 0) is 6.54 Å². The molecule has 0 aliphatic heterocycles. The average molecular weight is 368 g/mol. The van der Waals surface area contributed by atoms with Gasteiger partial charge in [0.05, 0.1) is 0 Å².